The Morgan fingerprint density at radius 3 is 2.50 bits per heavy atom. The van der Waals surface area contributed by atoms with Gasteiger partial charge in [-0.1, -0.05) is 0 Å². The molecule has 1 rings (SSSR count). The molecule has 0 aliphatic heterocycles. The monoisotopic (exact) mass is 293 g/mol. The van der Waals surface area contributed by atoms with Crippen molar-refractivity contribution in [3.8, 4) is 0 Å². The molecule has 1 heterocycles. The lowest BCUT2D eigenvalue weighted by Gasteiger charge is -2.15. The summed E-state index contributed by atoms with van der Waals surface area (Å²) < 4.78 is 39.9. The first-order valence-electron chi connectivity index (χ1n) is 6.25. The molecular formula is C12H18F3N3O2. The lowest BCUT2D eigenvalue weighted by molar-refractivity contribution is -0.145. The number of aliphatic hydroxyl groups excluding tert-OH is 1. The molecule has 0 fully saturated rings. The van der Waals surface area contributed by atoms with Gasteiger partial charge in [0, 0.05) is 12.6 Å². The third-order valence-electron chi connectivity index (χ3n) is 2.65. The van der Waals surface area contributed by atoms with Gasteiger partial charge in [0.05, 0.1) is 17.9 Å². The maximum absolute atomic E-state index is 13.0. The number of halogens is 3. The number of nitrogens with one attached hydrogen (secondary N) is 1. The summed E-state index contributed by atoms with van der Waals surface area (Å²) in [6.07, 6.45) is -4.10. The topological polar surface area (TPSA) is 67.2 Å². The van der Waals surface area contributed by atoms with E-state index in [0.717, 1.165) is 10.9 Å². The van der Waals surface area contributed by atoms with Crippen LogP contribution >= 0.6 is 0 Å². The maximum atomic E-state index is 13.0. The van der Waals surface area contributed by atoms with Gasteiger partial charge in [0.1, 0.15) is 0 Å². The Bertz CT molecular complexity index is 467. The zero-order valence-electron chi connectivity index (χ0n) is 11.5. The predicted octanol–water partition coefficient (Wildman–Crippen LogP) is 1.98. The van der Waals surface area contributed by atoms with Crippen LogP contribution in [0.4, 0.5) is 13.2 Å². The molecule has 1 aromatic rings. The first kappa shape index (κ1) is 16.5. The van der Waals surface area contributed by atoms with E-state index in [1.54, 1.807) is 13.8 Å². The minimum absolute atomic E-state index is 0.0979. The van der Waals surface area contributed by atoms with E-state index in [2.05, 4.69) is 10.4 Å². The predicted molar refractivity (Wildman–Crippen MR) is 66.2 cm³/mol. The quantitative estimate of drug-likeness (QED) is 0.872. The molecule has 1 aromatic heterocycles. The van der Waals surface area contributed by atoms with Crippen molar-refractivity contribution in [2.45, 2.75) is 45.5 Å². The van der Waals surface area contributed by atoms with Gasteiger partial charge >= 0.3 is 6.18 Å². The summed E-state index contributed by atoms with van der Waals surface area (Å²) in [7, 11) is 0. The van der Waals surface area contributed by atoms with E-state index in [9.17, 15) is 18.0 Å². The van der Waals surface area contributed by atoms with Crippen LogP contribution < -0.4 is 5.32 Å². The van der Waals surface area contributed by atoms with Crippen molar-refractivity contribution in [2.24, 2.45) is 0 Å². The van der Waals surface area contributed by atoms with Crippen LogP contribution in [0.1, 0.15) is 49.3 Å². The van der Waals surface area contributed by atoms with Crippen LogP contribution in [-0.4, -0.2) is 33.4 Å². The fourth-order valence-electron chi connectivity index (χ4n) is 1.69. The molecule has 8 heteroatoms. The molecule has 1 amide bonds. The summed E-state index contributed by atoms with van der Waals surface area (Å²) in [4.78, 5) is 11.8. The Hall–Kier alpha value is -1.57. The van der Waals surface area contributed by atoms with Crippen molar-refractivity contribution in [1.29, 1.82) is 0 Å². The first-order chi connectivity index (χ1) is 9.14. The average molecular weight is 293 g/mol. The number of carbonyl (C=O) groups excluding carboxylic acids is 1. The third kappa shape index (κ3) is 3.96. The summed E-state index contributed by atoms with van der Waals surface area (Å²) in [6, 6.07) is -0.509. The molecule has 0 aliphatic carbocycles. The van der Waals surface area contributed by atoms with Crippen LogP contribution in [0.3, 0.4) is 0 Å². The van der Waals surface area contributed by atoms with E-state index in [-0.39, 0.29) is 13.0 Å². The molecule has 2 N–H and O–H groups in total. The standard InChI is InChI=1S/C12H18F3N3O2/c1-7(2)18-10(12(13,14)15)9(6-17-18)11(20)16-5-4-8(3)19/h6-8,19H,4-5H2,1-3H3,(H,16,20). The van der Waals surface area contributed by atoms with Crippen molar-refractivity contribution in [3.63, 3.8) is 0 Å². The summed E-state index contributed by atoms with van der Waals surface area (Å²) >= 11 is 0. The minimum atomic E-state index is -4.66. The second-order valence-electron chi connectivity index (χ2n) is 4.84. The van der Waals surface area contributed by atoms with Crippen LogP contribution in [0, 0.1) is 0 Å². The first-order valence-corrected chi connectivity index (χ1v) is 6.25. The van der Waals surface area contributed by atoms with Gasteiger partial charge in [-0.15, -0.1) is 0 Å². The third-order valence-corrected chi connectivity index (χ3v) is 2.65. The molecule has 0 radical (unpaired) electrons. The number of nitrogens with zero attached hydrogens (tertiary/aromatic N) is 2. The van der Waals surface area contributed by atoms with Crippen molar-refractivity contribution in [2.75, 3.05) is 6.54 Å². The van der Waals surface area contributed by atoms with Gasteiger partial charge in [0.25, 0.3) is 5.91 Å². The molecule has 0 bridgehead atoms. The molecule has 1 atom stereocenters. The second-order valence-corrected chi connectivity index (χ2v) is 4.84. The van der Waals surface area contributed by atoms with Gasteiger partial charge in [-0.3, -0.25) is 9.48 Å². The van der Waals surface area contributed by atoms with E-state index in [1.807, 2.05) is 0 Å². The highest BCUT2D eigenvalue weighted by Gasteiger charge is 2.40. The molecule has 0 spiro atoms. The van der Waals surface area contributed by atoms with Gasteiger partial charge < -0.3 is 10.4 Å². The highest BCUT2D eigenvalue weighted by molar-refractivity contribution is 5.95. The van der Waals surface area contributed by atoms with E-state index >= 15 is 0 Å². The van der Waals surface area contributed by atoms with Gasteiger partial charge in [0.15, 0.2) is 5.69 Å². The van der Waals surface area contributed by atoms with Crippen molar-refractivity contribution in [1.82, 2.24) is 15.1 Å². The minimum Gasteiger partial charge on any atom is -0.393 e. The van der Waals surface area contributed by atoms with Crippen LogP contribution in [-0.2, 0) is 6.18 Å². The summed E-state index contributed by atoms with van der Waals surface area (Å²) in [5, 5.41) is 15.0. The van der Waals surface area contributed by atoms with Gasteiger partial charge in [-0.05, 0) is 27.2 Å². The second kappa shape index (κ2) is 6.25. The fraction of sp³-hybridized carbons (Fsp3) is 0.667. The van der Waals surface area contributed by atoms with E-state index in [0.29, 0.717) is 0 Å². The fourth-order valence-corrected chi connectivity index (χ4v) is 1.69. The maximum Gasteiger partial charge on any atom is 0.433 e. The molecule has 0 aromatic carbocycles. The van der Waals surface area contributed by atoms with E-state index in [4.69, 9.17) is 5.11 Å². The van der Waals surface area contributed by atoms with Crippen molar-refractivity contribution < 1.29 is 23.1 Å². The molecule has 0 aliphatic rings. The lowest BCUT2D eigenvalue weighted by Crippen LogP contribution is -2.29. The van der Waals surface area contributed by atoms with Crippen molar-refractivity contribution in [3.05, 3.63) is 17.5 Å². The molecule has 20 heavy (non-hydrogen) atoms. The Morgan fingerprint density at radius 2 is 2.05 bits per heavy atom. The van der Waals surface area contributed by atoms with Crippen LogP contribution in [0.25, 0.3) is 0 Å². The summed E-state index contributed by atoms with van der Waals surface area (Å²) in [6.45, 7) is 4.74. The number of hydrogen-bond acceptors (Lipinski definition) is 3. The van der Waals surface area contributed by atoms with Crippen LogP contribution in [0.2, 0.25) is 0 Å². The molecule has 0 saturated carbocycles. The molecule has 1 unspecified atom stereocenters. The Kier molecular flexibility index (Phi) is 5.15. The molecule has 0 saturated heterocycles. The zero-order valence-corrected chi connectivity index (χ0v) is 11.5. The number of alkyl halides is 3. The number of rotatable bonds is 5. The van der Waals surface area contributed by atoms with Gasteiger partial charge in [0.2, 0.25) is 0 Å². The SMILES string of the molecule is CC(O)CCNC(=O)c1cnn(C(C)C)c1C(F)(F)F. The Balaban J connectivity index is 2.98. The van der Waals surface area contributed by atoms with E-state index < -0.39 is 35.5 Å². The molecule has 114 valence electrons. The number of aliphatic hydroxyl groups is 1. The van der Waals surface area contributed by atoms with Gasteiger partial charge in [-0.2, -0.15) is 18.3 Å². The average Bonchev–Trinajstić information content (AvgIpc) is 2.72. The number of hydrogen-bond donors (Lipinski definition) is 2. The number of aromatic nitrogens is 2. The molecular weight excluding hydrogens is 275 g/mol. The highest BCUT2D eigenvalue weighted by atomic mass is 19.4. The normalized spacial score (nSPS) is 13.6. The summed E-state index contributed by atoms with van der Waals surface area (Å²) in [5.41, 5.74) is -1.56. The van der Waals surface area contributed by atoms with Crippen molar-refractivity contribution >= 4 is 5.91 Å². The van der Waals surface area contributed by atoms with E-state index in [1.165, 1.54) is 6.92 Å². The smallest absolute Gasteiger partial charge is 0.393 e. The van der Waals surface area contributed by atoms with Crippen LogP contribution in [0.5, 0.6) is 0 Å². The van der Waals surface area contributed by atoms with Crippen LogP contribution in [0.15, 0.2) is 6.20 Å². The largest absolute Gasteiger partial charge is 0.433 e. The lowest BCUT2D eigenvalue weighted by atomic mass is 10.2. The number of amides is 1. The highest BCUT2D eigenvalue weighted by Crippen LogP contribution is 2.33. The Morgan fingerprint density at radius 1 is 1.45 bits per heavy atom. The number of carbonyl (C=O) groups is 1. The Labute approximate surface area is 114 Å². The summed E-state index contributed by atoms with van der Waals surface area (Å²) in [5.74, 6) is -0.843. The zero-order chi connectivity index (χ0) is 15.5. The molecule has 5 nitrogen and oxygen atoms in total. The van der Waals surface area contributed by atoms with Gasteiger partial charge in [-0.25, -0.2) is 0 Å².